The van der Waals surface area contributed by atoms with Crippen molar-refractivity contribution >= 4 is 5.91 Å². The highest BCUT2D eigenvalue weighted by atomic mass is 16.3. The summed E-state index contributed by atoms with van der Waals surface area (Å²) in [6, 6.07) is 0. The number of hydrogen-bond donors (Lipinski definition) is 3. The fourth-order valence-corrected chi connectivity index (χ4v) is 1.35. The van der Waals surface area contributed by atoms with Gasteiger partial charge in [0.1, 0.15) is 6.23 Å². The molecule has 0 bridgehead atoms. The van der Waals surface area contributed by atoms with Crippen molar-refractivity contribution in [3.8, 4) is 0 Å². The van der Waals surface area contributed by atoms with Crippen LogP contribution in [-0.4, -0.2) is 28.5 Å². The molecule has 2 unspecified atom stereocenters. The second-order valence-electron chi connectivity index (χ2n) is 3.98. The van der Waals surface area contributed by atoms with Gasteiger partial charge < -0.3 is 15.5 Å². The molecule has 0 aliphatic carbocycles. The summed E-state index contributed by atoms with van der Waals surface area (Å²) >= 11 is 0. The molecule has 0 aromatic heterocycles. The quantitative estimate of drug-likeness (QED) is 0.455. The van der Waals surface area contributed by atoms with Gasteiger partial charge in [0, 0.05) is 5.57 Å². The van der Waals surface area contributed by atoms with Crippen molar-refractivity contribution in [3.05, 3.63) is 11.6 Å². The van der Waals surface area contributed by atoms with E-state index in [2.05, 4.69) is 5.32 Å². The molecule has 0 heterocycles. The molecule has 0 radical (unpaired) electrons. The maximum absolute atomic E-state index is 11.5. The number of hydrogen-bond acceptors (Lipinski definition) is 3. The normalized spacial score (nSPS) is 15.7. The third-order valence-electron chi connectivity index (χ3n) is 2.24. The Balaban J connectivity index is 4.16. The first kappa shape index (κ1) is 15.1. The van der Waals surface area contributed by atoms with E-state index in [-0.39, 0.29) is 5.91 Å². The third kappa shape index (κ3) is 6.58. The average molecular weight is 229 g/mol. The van der Waals surface area contributed by atoms with Gasteiger partial charge in [0.15, 0.2) is 0 Å². The molecule has 0 fully saturated rings. The lowest BCUT2D eigenvalue weighted by Gasteiger charge is -2.12. The highest BCUT2D eigenvalue weighted by Crippen LogP contribution is 2.03. The molecule has 0 saturated carbocycles. The molecule has 0 aromatic carbocycles. The fourth-order valence-electron chi connectivity index (χ4n) is 1.35. The molecule has 0 aromatic rings. The van der Waals surface area contributed by atoms with Gasteiger partial charge in [-0.15, -0.1) is 0 Å². The summed E-state index contributed by atoms with van der Waals surface area (Å²) in [5.74, 6) is -0.323. The van der Waals surface area contributed by atoms with Crippen molar-refractivity contribution in [2.75, 3.05) is 0 Å². The van der Waals surface area contributed by atoms with E-state index in [1.54, 1.807) is 6.92 Å². The number of carbonyl (C=O) groups is 1. The van der Waals surface area contributed by atoms with Crippen molar-refractivity contribution in [1.82, 2.24) is 5.32 Å². The molecule has 0 saturated heterocycles. The molecule has 4 nitrogen and oxygen atoms in total. The minimum Gasteiger partial charge on any atom is -0.389 e. The predicted molar refractivity (Wildman–Crippen MR) is 63.7 cm³/mol. The molecular weight excluding hydrogens is 206 g/mol. The maximum Gasteiger partial charge on any atom is 0.248 e. The first-order chi connectivity index (χ1) is 7.51. The summed E-state index contributed by atoms with van der Waals surface area (Å²) in [5, 5.41) is 21.3. The molecule has 0 aliphatic rings. The van der Waals surface area contributed by atoms with Crippen molar-refractivity contribution < 1.29 is 15.0 Å². The summed E-state index contributed by atoms with van der Waals surface area (Å²) in [5.41, 5.74) is 0.441. The van der Waals surface area contributed by atoms with Crippen LogP contribution in [0.25, 0.3) is 0 Å². The zero-order valence-electron chi connectivity index (χ0n) is 10.4. The Hall–Kier alpha value is -0.870. The number of aliphatic hydroxyl groups excluding tert-OH is 2. The molecule has 2 atom stereocenters. The van der Waals surface area contributed by atoms with E-state index in [1.807, 2.05) is 13.8 Å². The lowest BCUT2D eigenvalue weighted by atomic mass is 10.1. The van der Waals surface area contributed by atoms with E-state index in [4.69, 9.17) is 0 Å². The summed E-state index contributed by atoms with van der Waals surface area (Å²) in [6.45, 7) is 5.54. The average Bonchev–Trinajstić information content (AvgIpc) is 2.17. The molecule has 16 heavy (non-hydrogen) atoms. The third-order valence-corrected chi connectivity index (χ3v) is 2.24. The summed E-state index contributed by atoms with van der Waals surface area (Å²) in [6.07, 6.45) is 2.99. The van der Waals surface area contributed by atoms with Crippen LogP contribution in [0.1, 0.15) is 46.5 Å². The number of rotatable bonds is 7. The Kier molecular flexibility index (Phi) is 7.85. The first-order valence-corrected chi connectivity index (χ1v) is 5.86. The Morgan fingerprint density at radius 1 is 1.25 bits per heavy atom. The number of amides is 1. The lowest BCUT2D eigenvalue weighted by Crippen LogP contribution is -2.35. The topological polar surface area (TPSA) is 69.6 Å². The van der Waals surface area contributed by atoms with Crippen LogP contribution in [0.4, 0.5) is 0 Å². The second kappa shape index (κ2) is 8.30. The van der Waals surface area contributed by atoms with Gasteiger partial charge in [-0.2, -0.15) is 0 Å². The molecule has 4 heteroatoms. The van der Waals surface area contributed by atoms with E-state index < -0.39 is 12.3 Å². The van der Waals surface area contributed by atoms with Crippen LogP contribution in [0, 0.1) is 0 Å². The molecular formula is C12H23NO3. The number of carbonyl (C=O) groups excluding carboxylic acids is 1. The zero-order chi connectivity index (χ0) is 12.6. The monoisotopic (exact) mass is 229 g/mol. The highest BCUT2D eigenvalue weighted by Gasteiger charge is 2.10. The van der Waals surface area contributed by atoms with Gasteiger partial charge in [-0.1, -0.05) is 26.7 Å². The number of nitrogens with one attached hydrogen (secondary N) is 1. The van der Waals surface area contributed by atoms with Crippen LogP contribution in [0.3, 0.4) is 0 Å². The zero-order valence-corrected chi connectivity index (χ0v) is 10.4. The van der Waals surface area contributed by atoms with Gasteiger partial charge >= 0.3 is 0 Å². The van der Waals surface area contributed by atoms with Crippen LogP contribution >= 0.6 is 0 Å². The predicted octanol–water partition coefficient (Wildman–Crippen LogP) is 1.33. The molecule has 94 valence electrons. The minimum atomic E-state index is -0.802. The molecule has 0 aliphatic heterocycles. The molecule has 0 rings (SSSR count). The summed E-state index contributed by atoms with van der Waals surface area (Å²) < 4.78 is 0. The Morgan fingerprint density at radius 2 is 1.81 bits per heavy atom. The van der Waals surface area contributed by atoms with Crippen molar-refractivity contribution in [1.29, 1.82) is 0 Å². The van der Waals surface area contributed by atoms with Crippen LogP contribution in [-0.2, 0) is 4.79 Å². The minimum absolute atomic E-state index is 0.323. The van der Waals surface area contributed by atoms with Crippen molar-refractivity contribution in [3.63, 3.8) is 0 Å². The fraction of sp³-hybridized carbons (Fsp3) is 0.750. The van der Waals surface area contributed by atoms with Gasteiger partial charge in [-0.3, -0.25) is 4.79 Å². The highest BCUT2D eigenvalue weighted by molar-refractivity contribution is 5.92. The van der Waals surface area contributed by atoms with Crippen LogP contribution in [0.15, 0.2) is 11.6 Å². The largest absolute Gasteiger partial charge is 0.389 e. The van der Waals surface area contributed by atoms with Crippen LogP contribution in [0.5, 0.6) is 0 Å². The van der Waals surface area contributed by atoms with E-state index in [9.17, 15) is 15.0 Å². The van der Waals surface area contributed by atoms with Gasteiger partial charge in [0.05, 0.1) is 6.10 Å². The maximum atomic E-state index is 11.5. The van der Waals surface area contributed by atoms with E-state index in [0.29, 0.717) is 18.4 Å². The molecule has 1 amide bonds. The second-order valence-corrected chi connectivity index (χ2v) is 3.98. The van der Waals surface area contributed by atoms with Crippen LogP contribution in [0.2, 0.25) is 0 Å². The number of aliphatic hydroxyl groups is 2. The standard InChI is InChI=1S/C12H23NO3/c1-4-6-10(14)8-9(3)12(16)13-11(15)7-5-2/h8,10-11,14-15H,4-7H2,1-3H3,(H,13,16)/b9-8+. The summed E-state index contributed by atoms with van der Waals surface area (Å²) in [4.78, 5) is 11.5. The molecule has 3 N–H and O–H groups in total. The van der Waals surface area contributed by atoms with E-state index in [0.717, 1.165) is 12.8 Å². The van der Waals surface area contributed by atoms with Crippen molar-refractivity contribution in [2.24, 2.45) is 0 Å². The smallest absolute Gasteiger partial charge is 0.248 e. The van der Waals surface area contributed by atoms with E-state index >= 15 is 0 Å². The molecule has 0 spiro atoms. The van der Waals surface area contributed by atoms with E-state index in [1.165, 1.54) is 6.08 Å². The first-order valence-electron chi connectivity index (χ1n) is 5.86. The lowest BCUT2D eigenvalue weighted by molar-refractivity contribution is -0.120. The Labute approximate surface area is 97.4 Å². The SMILES string of the molecule is CCCC(O)/C=C(\C)C(=O)NC(O)CCC. The van der Waals surface area contributed by atoms with Crippen LogP contribution < -0.4 is 5.32 Å². The van der Waals surface area contributed by atoms with Gasteiger partial charge in [0.25, 0.3) is 0 Å². The Morgan fingerprint density at radius 3 is 2.31 bits per heavy atom. The van der Waals surface area contributed by atoms with Crippen molar-refractivity contribution in [2.45, 2.75) is 58.8 Å². The van der Waals surface area contributed by atoms with Gasteiger partial charge in [-0.05, 0) is 25.8 Å². The Bertz CT molecular complexity index is 238. The van der Waals surface area contributed by atoms with Gasteiger partial charge in [-0.25, -0.2) is 0 Å². The van der Waals surface area contributed by atoms with Gasteiger partial charge in [0.2, 0.25) is 5.91 Å². The summed E-state index contributed by atoms with van der Waals surface area (Å²) in [7, 11) is 0.